The van der Waals surface area contributed by atoms with Crippen molar-refractivity contribution in [3.05, 3.63) is 36.1 Å². The minimum Gasteiger partial charge on any atom is -0.465 e. The molecule has 5 aliphatic rings. The number of allylic oxidation sites excluding steroid dienone is 5. The molecule has 1 aliphatic heterocycles. The quantitative estimate of drug-likeness (QED) is 0.0361. The molecule has 0 aromatic rings. The van der Waals surface area contributed by atoms with E-state index in [1.807, 2.05) is 31.3 Å². The Morgan fingerprint density at radius 1 is 0.788 bits per heavy atom. The normalized spacial score (nSPS) is 24.5. The lowest BCUT2D eigenvalue weighted by molar-refractivity contribution is -0.156. The smallest absolute Gasteiger partial charge is 0.323 e. The molecule has 8 nitrogen and oxygen atoms in total. The lowest BCUT2D eigenvalue weighted by Gasteiger charge is -2.57. The highest BCUT2D eigenvalue weighted by atomic mass is 16.6. The van der Waals surface area contributed by atoms with Gasteiger partial charge in [0.15, 0.2) is 0 Å². The van der Waals surface area contributed by atoms with Crippen molar-refractivity contribution in [2.45, 2.75) is 154 Å². The van der Waals surface area contributed by atoms with Crippen molar-refractivity contribution in [3.63, 3.8) is 0 Å². The standard InChI is InChI=1S/C44H70N2O6/c1-4-5-6-7-8-9-10-11-12-13-14-15-16-17-18-21-41(47)50-32-38(34-52-43(49)40(46(2)3)28-39-20-19-24-45-39)33-51-42(48)22-23-44-29-35-25-36(30-44)27-37(26-35)31-44/h8-9,11-12,20,24,35-38,40H,4-7,10,13-19,21-23,25-34H2,1-3H3/b9-8-,12-11-/t35?,36?,37?,38?,40-,44?/m0/s1. The van der Waals surface area contributed by atoms with Crippen LogP contribution in [0.4, 0.5) is 0 Å². The molecule has 4 bridgehead atoms. The van der Waals surface area contributed by atoms with E-state index in [0.717, 1.165) is 74.8 Å². The monoisotopic (exact) mass is 723 g/mol. The van der Waals surface area contributed by atoms with Gasteiger partial charge in [-0.3, -0.25) is 24.3 Å². The van der Waals surface area contributed by atoms with Crippen LogP contribution >= 0.6 is 0 Å². The van der Waals surface area contributed by atoms with Gasteiger partial charge in [0.1, 0.15) is 25.9 Å². The van der Waals surface area contributed by atoms with E-state index in [-0.39, 0.29) is 37.7 Å². The first-order valence-electron chi connectivity index (χ1n) is 20.9. The second-order valence-electron chi connectivity index (χ2n) is 16.7. The maximum absolute atomic E-state index is 13.2. The van der Waals surface area contributed by atoms with Gasteiger partial charge in [-0.05, 0) is 121 Å². The Kier molecular flexibility index (Phi) is 18.7. The molecule has 0 spiro atoms. The van der Waals surface area contributed by atoms with Crippen LogP contribution in [0, 0.1) is 29.1 Å². The maximum Gasteiger partial charge on any atom is 0.323 e. The van der Waals surface area contributed by atoms with Crippen molar-refractivity contribution in [1.29, 1.82) is 0 Å². The average molecular weight is 723 g/mol. The van der Waals surface area contributed by atoms with Crippen LogP contribution in [-0.2, 0) is 28.6 Å². The number of rotatable bonds is 27. The summed E-state index contributed by atoms with van der Waals surface area (Å²) in [7, 11) is 3.70. The second-order valence-corrected chi connectivity index (χ2v) is 16.7. The predicted molar refractivity (Wildman–Crippen MR) is 209 cm³/mol. The van der Waals surface area contributed by atoms with Gasteiger partial charge >= 0.3 is 17.9 Å². The Hall–Kier alpha value is -2.74. The van der Waals surface area contributed by atoms with Crippen LogP contribution < -0.4 is 0 Å². The fourth-order valence-corrected chi connectivity index (χ4v) is 9.27. The van der Waals surface area contributed by atoms with E-state index in [4.69, 9.17) is 14.2 Å². The number of hydrogen-bond acceptors (Lipinski definition) is 8. The van der Waals surface area contributed by atoms with Crippen molar-refractivity contribution in [1.82, 2.24) is 4.90 Å². The summed E-state index contributed by atoms with van der Waals surface area (Å²) in [6, 6.07) is -0.481. The molecule has 0 saturated heterocycles. The number of carbonyl (C=O) groups is 3. The van der Waals surface area contributed by atoms with Crippen LogP contribution in [0.5, 0.6) is 0 Å². The zero-order chi connectivity index (χ0) is 37.0. The number of unbranched alkanes of at least 4 members (excludes halogenated alkanes) is 8. The van der Waals surface area contributed by atoms with Gasteiger partial charge in [0.2, 0.25) is 0 Å². The summed E-state index contributed by atoms with van der Waals surface area (Å²) in [6.07, 6.45) is 36.3. The van der Waals surface area contributed by atoms with Crippen molar-refractivity contribution >= 4 is 24.1 Å². The van der Waals surface area contributed by atoms with E-state index in [2.05, 4.69) is 36.2 Å². The van der Waals surface area contributed by atoms with Crippen LogP contribution in [0.2, 0.25) is 0 Å². The highest BCUT2D eigenvalue weighted by molar-refractivity contribution is 5.76. The highest BCUT2D eigenvalue weighted by Crippen LogP contribution is 2.61. The van der Waals surface area contributed by atoms with Gasteiger partial charge in [-0.15, -0.1) is 0 Å². The van der Waals surface area contributed by atoms with Crippen molar-refractivity contribution in [3.8, 4) is 0 Å². The first kappa shape index (κ1) is 42.0. The highest BCUT2D eigenvalue weighted by Gasteiger charge is 2.50. The van der Waals surface area contributed by atoms with Crippen molar-refractivity contribution in [2.24, 2.45) is 34.1 Å². The largest absolute Gasteiger partial charge is 0.465 e. The third-order valence-electron chi connectivity index (χ3n) is 11.8. The Bertz CT molecular complexity index is 1180. The second kappa shape index (κ2) is 23.1. The third-order valence-corrected chi connectivity index (χ3v) is 11.8. The van der Waals surface area contributed by atoms with Gasteiger partial charge in [0.25, 0.3) is 0 Å². The molecule has 1 unspecified atom stereocenters. The number of aliphatic imine (C=N–C) groups is 1. The van der Waals surface area contributed by atoms with Gasteiger partial charge in [-0.25, -0.2) is 0 Å². The molecule has 4 aliphatic carbocycles. The summed E-state index contributed by atoms with van der Waals surface area (Å²) in [6.45, 7) is 2.37. The van der Waals surface area contributed by atoms with Crippen LogP contribution in [-0.4, -0.2) is 69.0 Å². The van der Waals surface area contributed by atoms with Crippen LogP contribution in [0.3, 0.4) is 0 Å². The van der Waals surface area contributed by atoms with Crippen molar-refractivity contribution < 1.29 is 28.6 Å². The first-order valence-corrected chi connectivity index (χ1v) is 20.9. The fourth-order valence-electron chi connectivity index (χ4n) is 9.27. The molecule has 0 radical (unpaired) electrons. The Morgan fingerprint density at radius 2 is 1.37 bits per heavy atom. The molecule has 2 atom stereocenters. The van der Waals surface area contributed by atoms with Gasteiger partial charge in [0, 0.05) is 37.6 Å². The Morgan fingerprint density at radius 3 is 1.96 bits per heavy atom. The van der Waals surface area contributed by atoms with E-state index >= 15 is 0 Å². The zero-order valence-corrected chi connectivity index (χ0v) is 32.9. The molecule has 4 fully saturated rings. The molecule has 5 rings (SSSR count). The molecule has 0 aromatic carbocycles. The molecular weight excluding hydrogens is 652 g/mol. The number of likely N-dealkylation sites (N-methyl/N-ethyl adjacent to an activating group) is 1. The van der Waals surface area contributed by atoms with Gasteiger partial charge in [-0.2, -0.15) is 0 Å². The zero-order valence-electron chi connectivity index (χ0n) is 32.9. The van der Waals surface area contributed by atoms with E-state index < -0.39 is 12.0 Å². The summed E-state index contributed by atoms with van der Waals surface area (Å²) in [5.41, 5.74) is 1.20. The summed E-state index contributed by atoms with van der Waals surface area (Å²) in [4.78, 5) is 45.0. The summed E-state index contributed by atoms with van der Waals surface area (Å²) in [5.74, 6) is 1.30. The van der Waals surface area contributed by atoms with Gasteiger partial charge < -0.3 is 14.2 Å². The van der Waals surface area contributed by atoms with Gasteiger partial charge in [0.05, 0.1) is 5.92 Å². The molecule has 4 saturated carbocycles. The number of ether oxygens (including phenoxy) is 3. The first-order chi connectivity index (χ1) is 25.2. The van der Waals surface area contributed by atoms with Crippen LogP contribution in [0.15, 0.2) is 41.1 Å². The summed E-state index contributed by atoms with van der Waals surface area (Å²) < 4.78 is 17.2. The molecule has 1 heterocycles. The molecule has 292 valence electrons. The van der Waals surface area contributed by atoms with E-state index in [9.17, 15) is 14.4 Å². The number of nitrogens with zero attached hydrogens (tertiary/aromatic N) is 2. The molecule has 0 N–H and O–H groups in total. The van der Waals surface area contributed by atoms with E-state index in [1.165, 1.54) is 70.6 Å². The predicted octanol–water partition coefficient (Wildman–Crippen LogP) is 9.72. The molecular formula is C44H70N2O6. The Labute approximate surface area is 315 Å². The third kappa shape index (κ3) is 15.3. The van der Waals surface area contributed by atoms with E-state index in [0.29, 0.717) is 24.7 Å². The topological polar surface area (TPSA) is 94.5 Å². The molecule has 8 heteroatoms. The Balaban J connectivity index is 1.14. The van der Waals surface area contributed by atoms with Crippen LogP contribution in [0.25, 0.3) is 0 Å². The molecule has 0 amide bonds. The number of carbonyl (C=O) groups excluding carboxylic acids is 3. The van der Waals surface area contributed by atoms with Crippen molar-refractivity contribution in [2.75, 3.05) is 33.9 Å². The summed E-state index contributed by atoms with van der Waals surface area (Å²) >= 11 is 0. The minimum atomic E-state index is -0.481. The molecule has 0 aromatic heterocycles. The number of esters is 3. The SMILES string of the molecule is CCCCC/C=C\C/C=C\CCCCCCCC(=O)OCC(COC(=O)CCC12CC3CC(CC(C3)C1)C2)COC(=O)[C@H](CC1=CCC=N1)N(C)C. The maximum atomic E-state index is 13.2. The lowest BCUT2D eigenvalue weighted by Crippen LogP contribution is -2.46. The number of hydrogen-bond donors (Lipinski definition) is 0. The van der Waals surface area contributed by atoms with Crippen LogP contribution in [0.1, 0.15) is 148 Å². The van der Waals surface area contributed by atoms with E-state index in [1.54, 1.807) is 0 Å². The molecule has 52 heavy (non-hydrogen) atoms. The van der Waals surface area contributed by atoms with Gasteiger partial charge in [-0.1, -0.05) is 69.4 Å². The minimum absolute atomic E-state index is 0.0186. The average Bonchev–Trinajstić information content (AvgIpc) is 3.64. The lowest BCUT2D eigenvalue weighted by atomic mass is 9.48. The summed E-state index contributed by atoms with van der Waals surface area (Å²) in [5, 5.41) is 0. The fraction of sp³-hybridized carbons (Fsp3) is 0.773.